The molecule has 1 aromatic carbocycles. The van der Waals surface area contributed by atoms with Gasteiger partial charge in [-0.25, -0.2) is 0 Å². The number of rotatable bonds is 4. The first kappa shape index (κ1) is 13.0. The van der Waals surface area contributed by atoms with E-state index in [0.717, 1.165) is 0 Å². The summed E-state index contributed by atoms with van der Waals surface area (Å²) in [5, 5.41) is 6.57. The van der Waals surface area contributed by atoms with Crippen molar-refractivity contribution in [3.8, 4) is 5.75 Å². The molecule has 0 bridgehead atoms. The number of anilines is 1. The van der Waals surface area contributed by atoms with Crippen LogP contribution in [0.25, 0.3) is 0 Å². The van der Waals surface area contributed by atoms with Crippen LogP contribution in [0.15, 0.2) is 36.5 Å². The lowest BCUT2D eigenvalue weighted by Crippen LogP contribution is -2.12. The number of aryl methyl sites for hydroxylation is 1. The van der Waals surface area contributed by atoms with E-state index >= 15 is 0 Å². The number of ether oxygens (including phenoxy) is 1. The third-order valence-electron chi connectivity index (χ3n) is 2.30. The van der Waals surface area contributed by atoms with Crippen LogP contribution in [-0.4, -0.2) is 22.3 Å². The second-order valence-electron chi connectivity index (χ2n) is 3.73. The summed E-state index contributed by atoms with van der Waals surface area (Å²) >= 11 is 0. The first-order valence-corrected chi connectivity index (χ1v) is 5.40. The lowest BCUT2D eigenvalue weighted by atomic mass is 10.2. The largest absolute Gasteiger partial charge is 0.435 e. The lowest BCUT2D eigenvalue weighted by molar-refractivity contribution is -0.0498. The number of nitrogens with zero attached hydrogens (tertiary/aromatic N) is 2. The molecule has 2 rings (SSSR count). The van der Waals surface area contributed by atoms with Gasteiger partial charge in [0.05, 0.1) is 0 Å². The van der Waals surface area contributed by atoms with Gasteiger partial charge in [0.25, 0.3) is 5.91 Å². The maximum atomic E-state index is 12.0. The average Bonchev–Trinajstić information content (AvgIpc) is 2.75. The maximum absolute atomic E-state index is 12.0. The zero-order valence-electron chi connectivity index (χ0n) is 10.0. The molecule has 0 aliphatic rings. The predicted molar refractivity (Wildman–Crippen MR) is 64.2 cm³/mol. The third-order valence-corrected chi connectivity index (χ3v) is 2.30. The normalized spacial score (nSPS) is 10.5. The molecule has 0 saturated heterocycles. The Hall–Kier alpha value is -2.44. The smallest absolute Gasteiger partial charge is 0.387 e. The summed E-state index contributed by atoms with van der Waals surface area (Å²) in [5.41, 5.74) is 0.326. The van der Waals surface area contributed by atoms with Crippen LogP contribution in [0.3, 0.4) is 0 Å². The van der Waals surface area contributed by atoms with Crippen molar-refractivity contribution in [2.24, 2.45) is 7.05 Å². The standard InChI is InChI=1S/C12H11F2N3O2/c1-17-7-6-10(16-17)15-11(18)8-2-4-9(5-3-8)19-12(13)14/h2-7,12H,1H3,(H,15,16,18). The molecule has 2 aromatic rings. The highest BCUT2D eigenvalue weighted by molar-refractivity contribution is 6.03. The van der Waals surface area contributed by atoms with E-state index in [2.05, 4.69) is 15.2 Å². The van der Waals surface area contributed by atoms with Gasteiger partial charge in [0.1, 0.15) is 5.75 Å². The number of nitrogens with one attached hydrogen (secondary N) is 1. The quantitative estimate of drug-likeness (QED) is 0.924. The van der Waals surface area contributed by atoms with E-state index < -0.39 is 6.61 Å². The van der Waals surface area contributed by atoms with Gasteiger partial charge in [0, 0.05) is 24.9 Å². The first-order valence-electron chi connectivity index (χ1n) is 5.40. The van der Waals surface area contributed by atoms with Crippen molar-refractivity contribution >= 4 is 11.7 Å². The molecule has 0 aliphatic carbocycles. The molecule has 0 aliphatic heterocycles. The summed E-state index contributed by atoms with van der Waals surface area (Å²) in [6.45, 7) is -2.88. The highest BCUT2D eigenvalue weighted by atomic mass is 19.3. The Labute approximate surface area is 107 Å². The Bertz CT molecular complexity index is 567. The van der Waals surface area contributed by atoms with E-state index in [4.69, 9.17) is 0 Å². The van der Waals surface area contributed by atoms with E-state index in [1.807, 2.05) is 0 Å². The van der Waals surface area contributed by atoms with Gasteiger partial charge in [-0.05, 0) is 24.3 Å². The molecule has 100 valence electrons. The van der Waals surface area contributed by atoms with Crippen LogP contribution in [0.4, 0.5) is 14.6 Å². The fourth-order valence-corrected chi connectivity index (χ4v) is 1.46. The number of halogens is 2. The molecule has 7 heteroatoms. The molecule has 1 heterocycles. The van der Waals surface area contributed by atoms with Crippen LogP contribution in [-0.2, 0) is 7.05 Å². The van der Waals surface area contributed by atoms with Crippen molar-refractivity contribution in [3.63, 3.8) is 0 Å². The van der Waals surface area contributed by atoms with Gasteiger partial charge in [0.15, 0.2) is 5.82 Å². The van der Waals surface area contributed by atoms with Crippen LogP contribution < -0.4 is 10.1 Å². The molecule has 0 spiro atoms. The Balaban J connectivity index is 2.03. The van der Waals surface area contributed by atoms with Crippen LogP contribution >= 0.6 is 0 Å². The summed E-state index contributed by atoms with van der Waals surface area (Å²) < 4.78 is 29.7. The summed E-state index contributed by atoms with van der Waals surface area (Å²) in [6, 6.07) is 7.05. The predicted octanol–water partition coefficient (Wildman–Crippen LogP) is 2.27. The summed E-state index contributed by atoms with van der Waals surface area (Å²) in [7, 11) is 1.73. The van der Waals surface area contributed by atoms with Gasteiger partial charge in [-0.1, -0.05) is 0 Å². The van der Waals surface area contributed by atoms with Crippen molar-refractivity contribution < 1.29 is 18.3 Å². The molecule has 0 fully saturated rings. The van der Waals surface area contributed by atoms with Crippen molar-refractivity contribution in [1.29, 1.82) is 0 Å². The Morgan fingerprint density at radius 2 is 2.00 bits per heavy atom. The lowest BCUT2D eigenvalue weighted by Gasteiger charge is -2.05. The zero-order valence-corrected chi connectivity index (χ0v) is 10.0. The van der Waals surface area contributed by atoms with Crippen molar-refractivity contribution in [3.05, 3.63) is 42.1 Å². The molecular formula is C12H11F2N3O2. The first-order chi connectivity index (χ1) is 9.04. The second kappa shape index (κ2) is 5.47. The van der Waals surface area contributed by atoms with Crippen molar-refractivity contribution in [1.82, 2.24) is 9.78 Å². The van der Waals surface area contributed by atoms with Crippen LogP contribution in [0.1, 0.15) is 10.4 Å². The van der Waals surface area contributed by atoms with Gasteiger partial charge in [0.2, 0.25) is 0 Å². The molecule has 0 radical (unpaired) electrons. The summed E-state index contributed by atoms with van der Waals surface area (Å²) in [4.78, 5) is 11.8. The van der Waals surface area contributed by atoms with E-state index in [1.165, 1.54) is 24.3 Å². The molecule has 0 saturated carbocycles. The van der Waals surface area contributed by atoms with E-state index in [-0.39, 0.29) is 11.7 Å². The Kier molecular flexibility index (Phi) is 3.74. The summed E-state index contributed by atoms with van der Waals surface area (Å²) in [6.07, 6.45) is 1.69. The van der Waals surface area contributed by atoms with Crippen LogP contribution in [0.2, 0.25) is 0 Å². The van der Waals surface area contributed by atoms with Gasteiger partial charge < -0.3 is 10.1 Å². The number of aromatic nitrogens is 2. The van der Waals surface area contributed by atoms with Gasteiger partial charge >= 0.3 is 6.61 Å². The SMILES string of the molecule is Cn1ccc(NC(=O)c2ccc(OC(F)F)cc2)n1. The van der Waals surface area contributed by atoms with Gasteiger partial charge in [-0.15, -0.1) is 0 Å². The van der Waals surface area contributed by atoms with Crippen LogP contribution in [0, 0.1) is 0 Å². The summed E-state index contributed by atoms with van der Waals surface area (Å²) in [5.74, 6) is 0.0482. The van der Waals surface area contributed by atoms with Gasteiger partial charge in [-0.3, -0.25) is 9.48 Å². The minimum absolute atomic E-state index is 0.00406. The average molecular weight is 267 g/mol. The molecule has 0 atom stereocenters. The number of hydrogen-bond donors (Lipinski definition) is 1. The van der Waals surface area contributed by atoms with E-state index in [9.17, 15) is 13.6 Å². The van der Waals surface area contributed by atoms with Crippen molar-refractivity contribution in [2.75, 3.05) is 5.32 Å². The molecule has 1 N–H and O–H groups in total. The second-order valence-corrected chi connectivity index (χ2v) is 3.73. The number of alkyl halides is 2. The number of carbonyl (C=O) groups excluding carboxylic acids is 1. The molecule has 5 nitrogen and oxygen atoms in total. The minimum atomic E-state index is -2.88. The fourth-order valence-electron chi connectivity index (χ4n) is 1.46. The molecule has 1 aromatic heterocycles. The van der Waals surface area contributed by atoms with Gasteiger partial charge in [-0.2, -0.15) is 13.9 Å². The third kappa shape index (κ3) is 3.51. The minimum Gasteiger partial charge on any atom is -0.435 e. The fraction of sp³-hybridized carbons (Fsp3) is 0.167. The molecule has 0 unspecified atom stereocenters. The van der Waals surface area contributed by atoms with E-state index in [1.54, 1.807) is 24.0 Å². The molecular weight excluding hydrogens is 256 g/mol. The topological polar surface area (TPSA) is 56.2 Å². The molecule has 1 amide bonds. The Morgan fingerprint density at radius 3 is 2.53 bits per heavy atom. The number of benzene rings is 1. The zero-order chi connectivity index (χ0) is 13.8. The number of hydrogen-bond acceptors (Lipinski definition) is 3. The Morgan fingerprint density at radius 1 is 1.32 bits per heavy atom. The monoisotopic (exact) mass is 267 g/mol. The number of carbonyl (C=O) groups is 1. The molecule has 19 heavy (non-hydrogen) atoms. The van der Waals surface area contributed by atoms with E-state index in [0.29, 0.717) is 11.4 Å². The van der Waals surface area contributed by atoms with Crippen LogP contribution in [0.5, 0.6) is 5.75 Å². The number of amides is 1. The highest BCUT2D eigenvalue weighted by Crippen LogP contribution is 2.15. The maximum Gasteiger partial charge on any atom is 0.387 e. The highest BCUT2D eigenvalue weighted by Gasteiger charge is 2.09. The van der Waals surface area contributed by atoms with Crippen molar-refractivity contribution in [2.45, 2.75) is 6.61 Å².